The Hall–Kier alpha value is -2.66. The van der Waals surface area contributed by atoms with Gasteiger partial charge in [0, 0.05) is 18.0 Å². The monoisotopic (exact) mass is 315 g/mol. The Morgan fingerprint density at radius 1 is 1.23 bits per heavy atom. The number of nitrogens with zero attached hydrogens (tertiary/aromatic N) is 1. The number of fused-ring (bicyclic) bond motifs is 1. The molecule has 1 heterocycles. The molecule has 5 nitrogen and oxygen atoms in total. The standard InChI is InChI=1S/C16H10ClNO4/c1-9(19)21-13-5-3-2-4-12(13)16-18-15(20)11-7-6-10(17)8-14(11)22-16/h2-8H,1H3. The average Bonchev–Trinajstić information content (AvgIpc) is 2.46. The molecular formula is C16H10ClNO4. The average molecular weight is 316 g/mol. The van der Waals surface area contributed by atoms with Crippen LogP contribution in [0.1, 0.15) is 6.92 Å². The fraction of sp³-hybridized carbons (Fsp3) is 0.0625. The van der Waals surface area contributed by atoms with E-state index in [1.807, 2.05) is 0 Å². The number of rotatable bonds is 2. The van der Waals surface area contributed by atoms with Gasteiger partial charge < -0.3 is 9.15 Å². The number of hydrogen-bond donors (Lipinski definition) is 0. The first-order chi connectivity index (χ1) is 10.5. The van der Waals surface area contributed by atoms with Gasteiger partial charge in [0.1, 0.15) is 11.3 Å². The molecule has 0 unspecified atom stereocenters. The van der Waals surface area contributed by atoms with Crippen LogP contribution in [0, 0.1) is 0 Å². The quantitative estimate of drug-likeness (QED) is 0.535. The topological polar surface area (TPSA) is 69.4 Å². The molecule has 0 atom stereocenters. The molecule has 0 bridgehead atoms. The normalized spacial score (nSPS) is 10.6. The predicted octanol–water partition coefficient (Wildman–Crippen LogP) is 3.43. The number of carbonyl (C=O) groups excluding carboxylic acids is 1. The lowest BCUT2D eigenvalue weighted by atomic mass is 10.2. The van der Waals surface area contributed by atoms with Crippen LogP contribution < -0.4 is 10.3 Å². The Bertz CT molecular complexity index is 933. The minimum Gasteiger partial charge on any atom is -0.437 e. The van der Waals surface area contributed by atoms with Crippen LogP contribution >= 0.6 is 11.6 Å². The molecule has 0 amide bonds. The van der Waals surface area contributed by atoms with Gasteiger partial charge in [0.15, 0.2) is 0 Å². The van der Waals surface area contributed by atoms with Gasteiger partial charge in [0.25, 0.3) is 5.56 Å². The number of aromatic nitrogens is 1. The van der Waals surface area contributed by atoms with Crippen LogP contribution in [0.3, 0.4) is 0 Å². The highest BCUT2D eigenvalue weighted by atomic mass is 35.5. The maximum absolute atomic E-state index is 12.1. The summed E-state index contributed by atoms with van der Waals surface area (Å²) in [6.07, 6.45) is 0. The number of hydrogen-bond acceptors (Lipinski definition) is 5. The highest BCUT2D eigenvalue weighted by molar-refractivity contribution is 6.31. The molecule has 0 saturated carbocycles. The summed E-state index contributed by atoms with van der Waals surface area (Å²) in [6.45, 7) is 1.29. The van der Waals surface area contributed by atoms with E-state index in [9.17, 15) is 9.59 Å². The number of carbonyl (C=O) groups is 1. The van der Waals surface area contributed by atoms with Gasteiger partial charge >= 0.3 is 5.97 Å². The fourth-order valence-corrected chi connectivity index (χ4v) is 2.20. The molecule has 0 N–H and O–H groups in total. The first-order valence-electron chi connectivity index (χ1n) is 6.43. The van der Waals surface area contributed by atoms with Crippen LogP contribution in [0.4, 0.5) is 0 Å². The van der Waals surface area contributed by atoms with Crippen molar-refractivity contribution in [1.29, 1.82) is 0 Å². The Morgan fingerprint density at radius 3 is 2.77 bits per heavy atom. The lowest BCUT2D eigenvalue weighted by Gasteiger charge is -2.07. The predicted molar refractivity (Wildman–Crippen MR) is 82.0 cm³/mol. The van der Waals surface area contributed by atoms with Gasteiger partial charge in [-0.25, -0.2) is 0 Å². The van der Waals surface area contributed by atoms with Gasteiger partial charge in [0.2, 0.25) is 5.89 Å². The van der Waals surface area contributed by atoms with Crippen molar-refractivity contribution in [3.8, 4) is 17.2 Å². The molecule has 22 heavy (non-hydrogen) atoms. The molecule has 2 aromatic carbocycles. The Morgan fingerprint density at radius 2 is 2.00 bits per heavy atom. The minimum atomic E-state index is -0.473. The van der Waals surface area contributed by atoms with E-state index in [2.05, 4.69) is 4.98 Å². The van der Waals surface area contributed by atoms with Gasteiger partial charge in [-0.2, -0.15) is 4.98 Å². The highest BCUT2D eigenvalue weighted by Gasteiger charge is 2.14. The largest absolute Gasteiger partial charge is 0.437 e. The number of para-hydroxylation sites is 1. The van der Waals surface area contributed by atoms with E-state index in [1.165, 1.54) is 13.0 Å². The summed E-state index contributed by atoms with van der Waals surface area (Å²) >= 11 is 5.92. The van der Waals surface area contributed by atoms with E-state index in [1.54, 1.807) is 36.4 Å². The third-order valence-corrected chi connectivity index (χ3v) is 3.19. The number of benzene rings is 2. The Balaban J connectivity index is 2.23. The zero-order chi connectivity index (χ0) is 15.7. The summed E-state index contributed by atoms with van der Waals surface area (Å²) in [7, 11) is 0. The maximum atomic E-state index is 12.1. The van der Waals surface area contributed by atoms with Gasteiger partial charge in [-0.1, -0.05) is 23.7 Å². The van der Waals surface area contributed by atoms with Crippen LogP contribution in [0.2, 0.25) is 5.02 Å². The van der Waals surface area contributed by atoms with Crippen molar-refractivity contribution in [1.82, 2.24) is 4.98 Å². The number of ether oxygens (including phenoxy) is 1. The van der Waals surface area contributed by atoms with Gasteiger partial charge in [-0.05, 0) is 24.3 Å². The molecule has 110 valence electrons. The molecule has 0 aliphatic heterocycles. The summed E-state index contributed by atoms with van der Waals surface area (Å²) in [5.41, 5.74) is 0.294. The Kier molecular flexibility index (Phi) is 3.65. The van der Waals surface area contributed by atoms with Crippen molar-refractivity contribution in [2.75, 3.05) is 0 Å². The lowest BCUT2D eigenvalue weighted by molar-refractivity contribution is -0.131. The number of halogens is 1. The molecule has 0 radical (unpaired) electrons. The van der Waals surface area contributed by atoms with E-state index in [0.717, 1.165) is 0 Å². The van der Waals surface area contributed by atoms with Gasteiger partial charge in [-0.15, -0.1) is 0 Å². The van der Waals surface area contributed by atoms with E-state index in [-0.39, 0.29) is 11.6 Å². The van der Waals surface area contributed by atoms with Crippen LogP contribution in [0.25, 0.3) is 22.4 Å². The summed E-state index contributed by atoms with van der Waals surface area (Å²) in [5, 5.41) is 0.777. The maximum Gasteiger partial charge on any atom is 0.308 e. The van der Waals surface area contributed by atoms with Crippen molar-refractivity contribution in [2.24, 2.45) is 0 Å². The van der Waals surface area contributed by atoms with E-state index in [4.69, 9.17) is 20.8 Å². The Labute approximate surface area is 130 Å². The third kappa shape index (κ3) is 2.71. The highest BCUT2D eigenvalue weighted by Crippen LogP contribution is 2.29. The number of esters is 1. The first kappa shape index (κ1) is 14.3. The summed E-state index contributed by atoms with van der Waals surface area (Å²) < 4.78 is 10.8. The molecule has 0 spiro atoms. The summed E-state index contributed by atoms with van der Waals surface area (Å²) in [4.78, 5) is 27.2. The second-order valence-corrected chi connectivity index (χ2v) is 4.99. The van der Waals surface area contributed by atoms with Gasteiger partial charge in [-0.3, -0.25) is 9.59 Å². The zero-order valence-electron chi connectivity index (χ0n) is 11.5. The van der Waals surface area contributed by atoms with E-state index < -0.39 is 11.5 Å². The molecule has 3 rings (SSSR count). The van der Waals surface area contributed by atoms with Gasteiger partial charge in [0.05, 0.1) is 10.9 Å². The third-order valence-electron chi connectivity index (χ3n) is 2.95. The SMILES string of the molecule is CC(=O)Oc1ccccc1-c1nc(=O)c2ccc(Cl)cc2o1. The van der Waals surface area contributed by atoms with E-state index >= 15 is 0 Å². The molecule has 6 heteroatoms. The molecule has 1 aromatic heterocycles. The molecule has 0 saturated heterocycles. The van der Waals surface area contributed by atoms with Crippen molar-refractivity contribution in [3.05, 3.63) is 57.8 Å². The van der Waals surface area contributed by atoms with Crippen molar-refractivity contribution >= 4 is 28.5 Å². The smallest absolute Gasteiger partial charge is 0.308 e. The summed E-state index contributed by atoms with van der Waals surface area (Å²) in [5.74, 6) is -0.137. The van der Waals surface area contributed by atoms with E-state index in [0.29, 0.717) is 21.6 Å². The fourth-order valence-electron chi connectivity index (χ4n) is 2.04. The van der Waals surface area contributed by atoms with Crippen LogP contribution in [0.5, 0.6) is 5.75 Å². The lowest BCUT2D eigenvalue weighted by Crippen LogP contribution is -2.08. The molecule has 0 aliphatic carbocycles. The van der Waals surface area contributed by atoms with Crippen LogP contribution in [-0.2, 0) is 4.79 Å². The van der Waals surface area contributed by atoms with Crippen LogP contribution in [0.15, 0.2) is 51.7 Å². The van der Waals surface area contributed by atoms with Crippen LogP contribution in [-0.4, -0.2) is 11.0 Å². The molecular weight excluding hydrogens is 306 g/mol. The minimum absolute atomic E-state index is 0.0663. The second kappa shape index (κ2) is 5.61. The molecule has 3 aromatic rings. The van der Waals surface area contributed by atoms with Crippen molar-refractivity contribution in [2.45, 2.75) is 6.92 Å². The zero-order valence-corrected chi connectivity index (χ0v) is 12.3. The van der Waals surface area contributed by atoms with Crippen molar-refractivity contribution in [3.63, 3.8) is 0 Å². The van der Waals surface area contributed by atoms with Crippen molar-refractivity contribution < 1.29 is 13.9 Å². The molecule has 0 fully saturated rings. The second-order valence-electron chi connectivity index (χ2n) is 4.55. The molecule has 0 aliphatic rings. The first-order valence-corrected chi connectivity index (χ1v) is 6.80. The summed E-state index contributed by atoms with van der Waals surface area (Å²) in [6, 6.07) is 11.4.